The number of amides is 4. The molecule has 4 amide bonds. The van der Waals surface area contributed by atoms with Crippen LogP contribution in [0, 0.1) is 25.6 Å². The van der Waals surface area contributed by atoms with Gasteiger partial charge in [-0.1, -0.05) is 19.1 Å². The number of β-lactam (4-membered cyclic amide) rings is 1. The molecule has 0 spiro atoms. The van der Waals surface area contributed by atoms with E-state index in [0.29, 0.717) is 29.3 Å². The summed E-state index contributed by atoms with van der Waals surface area (Å²) in [5, 5.41) is 6.86. The van der Waals surface area contributed by atoms with Gasteiger partial charge >= 0.3 is 6.03 Å². The van der Waals surface area contributed by atoms with Crippen LogP contribution in [0.3, 0.4) is 0 Å². The largest absolute Gasteiger partial charge is 0.384 e. The Kier molecular flexibility index (Phi) is 7.47. The molecule has 2 aromatic heterocycles. The number of imide groups is 1. The number of nitrogens with one attached hydrogen (secondary N) is 1. The van der Waals surface area contributed by atoms with Crippen molar-refractivity contribution in [1.29, 1.82) is 0 Å². The average molecular weight is 522 g/mol. The lowest BCUT2D eigenvalue weighted by Crippen LogP contribution is -2.70. The lowest BCUT2D eigenvalue weighted by molar-refractivity contribution is -0.156. The van der Waals surface area contributed by atoms with Crippen LogP contribution in [-0.2, 0) is 23.1 Å². The van der Waals surface area contributed by atoms with Gasteiger partial charge in [-0.15, -0.1) is 0 Å². The number of likely N-dealkylation sites (tertiary alicyclic amines) is 1. The highest BCUT2D eigenvalue weighted by molar-refractivity contribution is 6.12. The van der Waals surface area contributed by atoms with Crippen LogP contribution in [0.4, 0.5) is 20.8 Å². The van der Waals surface area contributed by atoms with Crippen LogP contribution in [0.2, 0.25) is 0 Å². The van der Waals surface area contributed by atoms with E-state index in [4.69, 9.17) is 5.73 Å². The van der Waals surface area contributed by atoms with E-state index < -0.39 is 41.7 Å². The summed E-state index contributed by atoms with van der Waals surface area (Å²) in [6, 6.07) is 7.39. The number of rotatable bonds is 7. The van der Waals surface area contributed by atoms with E-state index in [-0.39, 0.29) is 6.42 Å². The van der Waals surface area contributed by atoms with E-state index in [0.717, 1.165) is 16.0 Å². The maximum atomic E-state index is 14.7. The highest BCUT2D eigenvalue weighted by Crippen LogP contribution is 2.34. The van der Waals surface area contributed by atoms with Crippen molar-refractivity contribution in [3.8, 4) is 0 Å². The topological polar surface area (TPSA) is 126 Å². The number of pyridine rings is 1. The Balaban J connectivity index is 1.63. The predicted octanol–water partition coefficient (Wildman–Crippen LogP) is 3.05. The molecule has 3 aromatic rings. The Morgan fingerprint density at radius 3 is 2.55 bits per heavy atom. The number of nitrogens with two attached hydrogens (primary N) is 1. The van der Waals surface area contributed by atoms with Crippen molar-refractivity contribution < 1.29 is 18.8 Å². The Bertz CT molecular complexity index is 1370. The molecule has 10 nitrogen and oxygen atoms in total. The molecule has 38 heavy (non-hydrogen) atoms. The quantitative estimate of drug-likeness (QED) is 0.460. The molecule has 1 saturated heterocycles. The van der Waals surface area contributed by atoms with Gasteiger partial charge in [0.1, 0.15) is 23.5 Å². The van der Waals surface area contributed by atoms with Crippen molar-refractivity contribution in [2.24, 2.45) is 13.0 Å². The molecule has 0 saturated carbocycles. The number of anilines is 2. The molecule has 1 aliphatic heterocycles. The van der Waals surface area contributed by atoms with Gasteiger partial charge in [0.25, 0.3) is 5.91 Å². The summed E-state index contributed by atoms with van der Waals surface area (Å²) in [6.07, 6.45) is 2.15. The molecule has 200 valence electrons. The summed E-state index contributed by atoms with van der Waals surface area (Å²) in [5.41, 5.74) is 8.38. The standard InChI is InChI=1S/C27H32FN7O3/c1-6-21(18-8-7-15(2)11-20(18)28)32-27(38)35-24(26(37)33(4)23-9-10-30-34(23)5)19(25(35)36)13-17-12-16(3)31-22(29)14-17/h7-12,14,19,21,24H,6,13H2,1-5H3,(H2,29,31)(H,32,38)/t19-,21-,24+/m1/s1. The molecule has 0 bridgehead atoms. The van der Waals surface area contributed by atoms with Crippen molar-refractivity contribution in [3.05, 3.63) is 70.8 Å². The van der Waals surface area contributed by atoms with Gasteiger partial charge in [-0.05, 0) is 56.0 Å². The molecule has 3 atom stereocenters. The van der Waals surface area contributed by atoms with Gasteiger partial charge in [-0.2, -0.15) is 5.10 Å². The minimum absolute atomic E-state index is 0.204. The maximum Gasteiger partial charge on any atom is 0.325 e. The lowest BCUT2D eigenvalue weighted by atomic mass is 9.81. The second kappa shape index (κ2) is 10.6. The lowest BCUT2D eigenvalue weighted by Gasteiger charge is -2.46. The van der Waals surface area contributed by atoms with E-state index in [1.165, 1.54) is 15.6 Å². The molecule has 1 aromatic carbocycles. The number of benzene rings is 1. The van der Waals surface area contributed by atoms with Crippen LogP contribution in [0.1, 0.15) is 41.8 Å². The zero-order chi connectivity index (χ0) is 27.7. The predicted molar refractivity (Wildman–Crippen MR) is 141 cm³/mol. The van der Waals surface area contributed by atoms with Gasteiger partial charge in [0, 0.05) is 31.4 Å². The summed E-state index contributed by atoms with van der Waals surface area (Å²) < 4.78 is 16.2. The fourth-order valence-electron chi connectivity index (χ4n) is 4.94. The molecule has 1 aliphatic rings. The second-order valence-corrected chi connectivity index (χ2v) is 9.65. The Labute approximate surface area is 220 Å². The molecule has 1 fully saturated rings. The summed E-state index contributed by atoms with van der Waals surface area (Å²) in [4.78, 5) is 46.9. The third kappa shape index (κ3) is 5.09. The highest BCUT2D eigenvalue weighted by Gasteiger charge is 2.55. The van der Waals surface area contributed by atoms with Crippen LogP contribution < -0.4 is 16.0 Å². The van der Waals surface area contributed by atoms with Gasteiger partial charge in [-0.3, -0.25) is 24.1 Å². The molecular formula is C27H32FN7O3. The third-order valence-electron chi connectivity index (χ3n) is 6.88. The average Bonchev–Trinajstić information content (AvgIpc) is 3.28. The normalized spacial score (nSPS) is 17.6. The fraction of sp³-hybridized carbons (Fsp3) is 0.370. The summed E-state index contributed by atoms with van der Waals surface area (Å²) >= 11 is 0. The van der Waals surface area contributed by atoms with Gasteiger partial charge in [0.15, 0.2) is 0 Å². The van der Waals surface area contributed by atoms with Crippen LogP contribution >= 0.6 is 0 Å². The first-order chi connectivity index (χ1) is 18.0. The highest BCUT2D eigenvalue weighted by atomic mass is 19.1. The maximum absolute atomic E-state index is 14.7. The number of aryl methyl sites for hydroxylation is 3. The Hall–Kier alpha value is -4.28. The van der Waals surface area contributed by atoms with Crippen molar-refractivity contribution in [3.63, 3.8) is 0 Å². The molecule has 0 unspecified atom stereocenters. The number of aromatic nitrogens is 3. The van der Waals surface area contributed by atoms with E-state index in [1.807, 2.05) is 0 Å². The van der Waals surface area contributed by atoms with Crippen LogP contribution in [0.25, 0.3) is 0 Å². The Morgan fingerprint density at radius 1 is 1.21 bits per heavy atom. The SMILES string of the molecule is CC[C@@H](NC(=O)N1C(=O)[C@H](Cc2cc(C)nc(N)c2)[C@H]1C(=O)N(C)c1ccnn1C)c1ccc(C)cc1F. The number of likely N-dealkylation sites (N-methyl/N-ethyl adjacent to an activating group) is 1. The Morgan fingerprint density at radius 2 is 1.95 bits per heavy atom. The van der Waals surface area contributed by atoms with Crippen molar-refractivity contribution in [2.45, 2.75) is 45.7 Å². The van der Waals surface area contributed by atoms with Crippen molar-refractivity contribution in [1.82, 2.24) is 25.0 Å². The smallest absolute Gasteiger partial charge is 0.325 e. The first-order valence-corrected chi connectivity index (χ1v) is 12.4. The zero-order valence-corrected chi connectivity index (χ0v) is 22.1. The third-order valence-corrected chi connectivity index (χ3v) is 6.88. The summed E-state index contributed by atoms with van der Waals surface area (Å²) in [7, 11) is 3.26. The molecule has 11 heteroatoms. The molecule has 3 heterocycles. The van der Waals surface area contributed by atoms with Gasteiger partial charge in [-0.25, -0.2) is 14.2 Å². The number of hydrogen-bond acceptors (Lipinski definition) is 6. The summed E-state index contributed by atoms with van der Waals surface area (Å²) in [5.74, 6) is -1.36. The van der Waals surface area contributed by atoms with Crippen molar-refractivity contribution in [2.75, 3.05) is 17.7 Å². The fourth-order valence-corrected chi connectivity index (χ4v) is 4.94. The first-order valence-electron chi connectivity index (χ1n) is 12.4. The van der Waals surface area contributed by atoms with Gasteiger partial charge < -0.3 is 11.1 Å². The number of nitrogens with zero attached hydrogens (tertiary/aromatic N) is 5. The zero-order valence-electron chi connectivity index (χ0n) is 22.1. The number of carbonyl (C=O) groups excluding carboxylic acids is 3. The van der Waals surface area contributed by atoms with Gasteiger partial charge in [0.05, 0.1) is 18.2 Å². The van der Waals surface area contributed by atoms with E-state index in [9.17, 15) is 18.8 Å². The first kappa shape index (κ1) is 26.8. The molecular weight excluding hydrogens is 489 g/mol. The second-order valence-electron chi connectivity index (χ2n) is 9.65. The molecule has 0 radical (unpaired) electrons. The van der Waals surface area contributed by atoms with E-state index in [1.54, 1.807) is 71.4 Å². The number of halogens is 1. The number of carbonyl (C=O) groups is 3. The van der Waals surface area contributed by atoms with E-state index in [2.05, 4.69) is 15.4 Å². The monoisotopic (exact) mass is 521 g/mol. The molecule has 3 N–H and O–H groups in total. The number of hydrogen-bond donors (Lipinski definition) is 2. The van der Waals surface area contributed by atoms with Crippen LogP contribution in [0.5, 0.6) is 0 Å². The minimum Gasteiger partial charge on any atom is -0.384 e. The summed E-state index contributed by atoms with van der Waals surface area (Å²) in [6.45, 7) is 5.37. The van der Waals surface area contributed by atoms with Crippen LogP contribution in [-0.4, -0.2) is 50.6 Å². The molecule has 4 rings (SSSR count). The molecule has 0 aliphatic carbocycles. The number of nitrogen functional groups attached to an aromatic ring is 1. The van der Waals surface area contributed by atoms with Gasteiger partial charge in [0.2, 0.25) is 5.91 Å². The minimum atomic E-state index is -1.07. The number of urea groups is 1. The van der Waals surface area contributed by atoms with Crippen LogP contribution in [0.15, 0.2) is 42.6 Å². The van der Waals surface area contributed by atoms with Crippen molar-refractivity contribution >= 4 is 29.5 Å². The van der Waals surface area contributed by atoms with E-state index >= 15 is 0 Å².